The average molecular weight is 250 g/mol. The van der Waals surface area contributed by atoms with E-state index in [9.17, 15) is 0 Å². The topological polar surface area (TPSA) is 48.7 Å². The van der Waals surface area contributed by atoms with Gasteiger partial charge in [0.25, 0.3) is 0 Å². The molecule has 0 radical (unpaired) electrons. The molecule has 1 N–H and O–H groups in total. The van der Waals surface area contributed by atoms with E-state index in [1.807, 2.05) is 0 Å². The van der Waals surface area contributed by atoms with Crippen molar-refractivity contribution in [3.63, 3.8) is 0 Å². The standard InChI is InChI=1S/C13H16ClN3/c1-13(2)6-3-4-10(13)17-12-11(14)9(8-15)5-7-16-12/h5,7,10H,3-4,6H2,1-2H3,(H,16,17). The van der Waals surface area contributed by atoms with Crippen molar-refractivity contribution in [3.8, 4) is 6.07 Å². The molecule has 1 saturated carbocycles. The molecule has 1 aromatic rings. The molecule has 1 fully saturated rings. The van der Waals surface area contributed by atoms with E-state index >= 15 is 0 Å². The van der Waals surface area contributed by atoms with Gasteiger partial charge in [0.1, 0.15) is 16.9 Å². The fourth-order valence-corrected chi connectivity index (χ4v) is 2.60. The summed E-state index contributed by atoms with van der Waals surface area (Å²) < 4.78 is 0. The molecule has 1 aromatic heterocycles. The van der Waals surface area contributed by atoms with Gasteiger partial charge in [0.05, 0.1) is 5.56 Å². The molecular formula is C13H16ClN3. The molecular weight excluding hydrogens is 234 g/mol. The predicted molar refractivity (Wildman–Crippen MR) is 69.0 cm³/mol. The van der Waals surface area contributed by atoms with Crippen LogP contribution in [-0.2, 0) is 0 Å². The lowest BCUT2D eigenvalue weighted by molar-refractivity contribution is 0.349. The minimum Gasteiger partial charge on any atom is -0.366 e. The van der Waals surface area contributed by atoms with Crippen molar-refractivity contribution in [2.45, 2.75) is 39.2 Å². The molecule has 4 heteroatoms. The van der Waals surface area contributed by atoms with Crippen LogP contribution in [0.15, 0.2) is 12.3 Å². The van der Waals surface area contributed by atoms with Crippen LogP contribution in [0.5, 0.6) is 0 Å². The van der Waals surface area contributed by atoms with Crippen molar-refractivity contribution < 1.29 is 0 Å². The smallest absolute Gasteiger partial charge is 0.146 e. The largest absolute Gasteiger partial charge is 0.366 e. The number of nitrogens with one attached hydrogen (secondary N) is 1. The summed E-state index contributed by atoms with van der Waals surface area (Å²) in [6.07, 6.45) is 5.18. The highest BCUT2D eigenvalue weighted by Crippen LogP contribution is 2.39. The lowest BCUT2D eigenvalue weighted by Gasteiger charge is -2.28. The normalized spacial score (nSPS) is 22.1. The minimum atomic E-state index is 0.258. The molecule has 1 aliphatic rings. The molecule has 0 aromatic carbocycles. The Balaban J connectivity index is 2.23. The van der Waals surface area contributed by atoms with Crippen LogP contribution in [0.25, 0.3) is 0 Å². The first-order chi connectivity index (χ1) is 8.04. The van der Waals surface area contributed by atoms with Crippen LogP contribution in [0.4, 0.5) is 5.82 Å². The number of hydrogen-bond acceptors (Lipinski definition) is 3. The fraction of sp³-hybridized carbons (Fsp3) is 0.538. The number of aromatic nitrogens is 1. The summed E-state index contributed by atoms with van der Waals surface area (Å²) >= 11 is 6.13. The Morgan fingerprint density at radius 2 is 2.35 bits per heavy atom. The van der Waals surface area contributed by atoms with Gasteiger partial charge in [0, 0.05) is 12.2 Å². The molecule has 17 heavy (non-hydrogen) atoms. The van der Waals surface area contributed by atoms with Gasteiger partial charge in [-0.2, -0.15) is 5.26 Å². The van der Waals surface area contributed by atoms with Gasteiger partial charge in [-0.1, -0.05) is 31.9 Å². The summed E-state index contributed by atoms with van der Waals surface area (Å²) in [4.78, 5) is 4.22. The van der Waals surface area contributed by atoms with Crippen LogP contribution in [0, 0.1) is 16.7 Å². The predicted octanol–water partition coefficient (Wildman–Crippen LogP) is 3.60. The Hall–Kier alpha value is -1.27. The SMILES string of the molecule is CC1(C)CCCC1Nc1nccc(C#N)c1Cl. The lowest BCUT2D eigenvalue weighted by atomic mass is 9.87. The zero-order valence-corrected chi connectivity index (χ0v) is 10.9. The van der Waals surface area contributed by atoms with Crippen LogP contribution in [-0.4, -0.2) is 11.0 Å². The highest BCUT2D eigenvalue weighted by Gasteiger charge is 2.34. The van der Waals surface area contributed by atoms with Gasteiger partial charge in [-0.3, -0.25) is 0 Å². The van der Waals surface area contributed by atoms with E-state index in [4.69, 9.17) is 16.9 Å². The number of rotatable bonds is 2. The van der Waals surface area contributed by atoms with Crippen molar-refractivity contribution in [2.75, 3.05) is 5.32 Å². The zero-order valence-electron chi connectivity index (χ0n) is 10.1. The van der Waals surface area contributed by atoms with Crippen LogP contribution in [0.1, 0.15) is 38.7 Å². The summed E-state index contributed by atoms with van der Waals surface area (Å²) in [7, 11) is 0. The quantitative estimate of drug-likeness (QED) is 0.871. The molecule has 0 amide bonds. The molecule has 90 valence electrons. The van der Waals surface area contributed by atoms with Crippen molar-refractivity contribution in [1.82, 2.24) is 4.98 Å². The molecule has 1 unspecified atom stereocenters. The first kappa shape index (κ1) is 12.2. The van der Waals surface area contributed by atoms with E-state index in [2.05, 4.69) is 30.2 Å². The van der Waals surface area contributed by atoms with Gasteiger partial charge < -0.3 is 5.32 Å². The Kier molecular flexibility index (Phi) is 3.26. The molecule has 2 rings (SSSR count). The van der Waals surface area contributed by atoms with Gasteiger partial charge in [-0.15, -0.1) is 0 Å². The first-order valence-corrected chi connectivity index (χ1v) is 6.23. The second-order valence-corrected chi connectivity index (χ2v) is 5.59. The van der Waals surface area contributed by atoms with Gasteiger partial charge in [0.15, 0.2) is 0 Å². The third-order valence-electron chi connectivity index (χ3n) is 3.58. The van der Waals surface area contributed by atoms with Gasteiger partial charge >= 0.3 is 0 Å². The Labute approximate surface area is 107 Å². The lowest BCUT2D eigenvalue weighted by Crippen LogP contribution is -2.31. The summed E-state index contributed by atoms with van der Waals surface area (Å²) in [5.74, 6) is 0.630. The summed E-state index contributed by atoms with van der Waals surface area (Å²) in [6.45, 7) is 4.50. The molecule has 0 bridgehead atoms. The first-order valence-electron chi connectivity index (χ1n) is 5.86. The Morgan fingerprint density at radius 1 is 1.59 bits per heavy atom. The van der Waals surface area contributed by atoms with Gasteiger partial charge in [-0.05, 0) is 24.3 Å². The molecule has 1 heterocycles. The number of halogens is 1. The number of nitrogens with zero attached hydrogens (tertiary/aromatic N) is 2. The van der Waals surface area contributed by atoms with Crippen molar-refractivity contribution in [2.24, 2.45) is 5.41 Å². The van der Waals surface area contributed by atoms with E-state index in [1.165, 1.54) is 12.8 Å². The van der Waals surface area contributed by atoms with E-state index in [-0.39, 0.29) is 5.41 Å². The van der Waals surface area contributed by atoms with E-state index < -0.39 is 0 Å². The molecule has 3 nitrogen and oxygen atoms in total. The molecule has 0 aliphatic heterocycles. The monoisotopic (exact) mass is 249 g/mol. The maximum atomic E-state index is 8.92. The number of hydrogen-bond donors (Lipinski definition) is 1. The molecule has 1 atom stereocenters. The maximum Gasteiger partial charge on any atom is 0.146 e. The Morgan fingerprint density at radius 3 is 2.94 bits per heavy atom. The number of nitriles is 1. The molecule has 0 saturated heterocycles. The summed E-state index contributed by atoms with van der Waals surface area (Å²) in [5.41, 5.74) is 0.730. The summed E-state index contributed by atoms with van der Waals surface area (Å²) in [5, 5.41) is 12.7. The third kappa shape index (κ3) is 2.37. The maximum absolute atomic E-state index is 8.92. The number of pyridine rings is 1. The highest BCUT2D eigenvalue weighted by molar-refractivity contribution is 6.34. The van der Waals surface area contributed by atoms with Crippen molar-refractivity contribution in [3.05, 3.63) is 22.8 Å². The second kappa shape index (κ2) is 4.54. The van der Waals surface area contributed by atoms with Gasteiger partial charge in [0.2, 0.25) is 0 Å². The molecule has 0 spiro atoms. The van der Waals surface area contributed by atoms with Crippen molar-refractivity contribution in [1.29, 1.82) is 5.26 Å². The average Bonchev–Trinajstić information content (AvgIpc) is 2.61. The molecule has 1 aliphatic carbocycles. The summed E-state index contributed by atoms with van der Waals surface area (Å²) in [6, 6.07) is 4.08. The number of anilines is 1. The minimum absolute atomic E-state index is 0.258. The van der Waals surface area contributed by atoms with E-state index in [1.54, 1.807) is 12.3 Å². The van der Waals surface area contributed by atoms with Crippen LogP contribution in [0.2, 0.25) is 5.02 Å². The third-order valence-corrected chi connectivity index (χ3v) is 3.96. The van der Waals surface area contributed by atoms with E-state index in [0.717, 1.165) is 6.42 Å². The zero-order chi connectivity index (χ0) is 12.5. The van der Waals surface area contributed by atoms with Crippen LogP contribution < -0.4 is 5.32 Å². The Bertz CT molecular complexity index is 462. The highest BCUT2D eigenvalue weighted by atomic mass is 35.5. The fourth-order valence-electron chi connectivity index (χ4n) is 2.39. The second-order valence-electron chi connectivity index (χ2n) is 5.21. The van der Waals surface area contributed by atoms with Gasteiger partial charge in [-0.25, -0.2) is 4.98 Å². The van der Waals surface area contributed by atoms with Crippen LogP contribution in [0.3, 0.4) is 0 Å². The van der Waals surface area contributed by atoms with Crippen molar-refractivity contribution >= 4 is 17.4 Å². The van der Waals surface area contributed by atoms with E-state index in [0.29, 0.717) is 22.4 Å². The van der Waals surface area contributed by atoms with Crippen LogP contribution >= 0.6 is 11.6 Å².